The Morgan fingerprint density at radius 3 is 2.78 bits per heavy atom. The van der Waals surface area contributed by atoms with Crippen LogP contribution in [0.5, 0.6) is 0 Å². The lowest BCUT2D eigenvalue weighted by atomic mass is 10.1. The van der Waals surface area contributed by atoms with Gasteiger partial charge in [0.25, 0.3) is 0 Å². The summed E-state index contributed by atoms with van der Waals surface area (Å²) in [6.45, 7) is 4.23. The van der Waals surface area contributed by atoms with E-state index in [0.717, 1.165) is 17.1 Å². The van der Waals surface area contributed by atoms with Crippen molar-refractivity contribution in [3.05, 3.63) is 54.8 Å². The van der Waals surface area contributed by atoms with Crippen LogP contribution in [0.25, 0.3) is 28.8 Å². The van der Waals surface area contributed by atoms with E-state index in [9.17, 15) is 0 Å². The van der Waals surface area contributed by atoms with E-state index in [0.29, 0.717) is 23.3 Å². The molecule has 4 aromatic rings. The maximum atomic E-state index is 5.36. The van der Waals surface area contributed by atoms with Crippen LogP contribution in [0.15, 0.2) is 53.5 Å². The van der Waals surface area contributed by atoms with E-state index in [4.69, 9.17) is 4.42 Å². The van der Waals surface area contributed by atoms with Gasteiger partial charge in [-0.15, -0.1) is 0 Å². The Morgan fingerprint density at radius 2 is 2.00 bits per heavy atom. The van der Waals surface area contributed by atoms with Gasteiger partial charge in [-0.3, -0.25) is 4.40 Å². The number of fused-ring (bicyclic) bond motifs is 1. The SMILES string of the molecule is CC(C)c1ccn2c(-c3ccnc(-c4ccco4)n3)cnc2n1. The van der Waals surface area contributed by atoms with Crippen molar-refractivity contribution in [1.82, 2.24) is 24.3 Å². The molecule has 0 saturated heterocycles. The molecule has 0 radical (unpaired) electrons. The molecule has 0 aromatic carbocycles. The molecular weight excluding hydrogens is 290 g/mol. The minimum Gasteiger partial charge on any atom is -0.461 e. The number of imidazole rings is 1. The lowest BCUT2D eigenvalue weighted by Crippen LogP contribution is -1.98. The second-order valence-electron chi connectivity index (χ2n) is 5.56. The fourth-order valence-corrected chi connectivity index (χ4v) is 2.42. The quantitative estimate of drug-likeness (QED) is 0.578. The predicted molar refractivity (Wildman–Crippen MR) is 85.8 cm³/mol. The molecule has 6 nitrogen and oxygen atoms in total. The van der Waals surface area contributed by atoms with Crippen LogP contribution in [0.2, 0.25) is 0 Å². The maximum Gasteiger partial charge on any atom is 0.234 e. The average molecular weight is 305 g/mol. The van der Waals surface area contributed by atoms with Gasteiger partial charge < -0.3 is 4.42 Å². The van der Waals surface area contributed by atoms with Crippen molar-refractivity contribution in [1.29, 1.82) is 0 Å². The minimum absolute atomic E-state index is 0.366. The lowest BCUT2D eigenvalue weighted by molar-refractivity contribution is 0.577. The molecule has 6 heteroatoms. The summed E-state index contributed by atoms with van der Waals surface area (Å²) in [7, 11) is 0. The van der Waals surface area contributed by atoms with Crippen LogP contribution in [-0.2, 0) is 0 Å². The van der Waals surface area contributed by atoms with E-state index >= 15 is 0 Å². The highest BCUT2D eigenvalue weighted by molar-refractivity contribution is 5.60. The van der Waals surface area contributed by atoms with Gasteiger partial charge in [0.1, 0.15) is 0 Å². The van der Waals surface area contributed by atoms with Gasteiger partial charge in [0.15, 0.2) is 11.6 Å². The summed E-state index contributed by atoms with van der Waals surface area (Å²) in [6.07, 6.45) is 7.09. The Labute approximate surface area is 132 Å². The van der Waals surface area contributed by atoms with E-state index in [2.05, 4.69) is 33.8 Å². The number of furan rings is 1. The molecule has 4 aromatic heterocycles. The molecule has 0 saturated carbocycles. The molecule has 0 unspecified atom stereocenters. The van der Waals surface area contributed by atoms with E-state index in [1.807, 2.05) is 34.9 Å². The molecule has 0 atom stereocenters. The van der Waals surface area contributed by atoms with Crippen molar-refractivity contribution in [2.45, 2.75) is 19.8 Å². The molecule has 23 heavy (non-hydrogen) atoms. The number of aromatic nitrogens is 5. The van der Waals surface area contributed by atoms with Crippen molar-refractivity contribution >= 4 is 5.78 Å². The second-order valence-corrected chi connectivity index (χ2v) is 5.56. The Kier molecular flexibility index (Phi) is 3.15. The lowest BCUT2D eigenvalue weighted by Gasteiger charge is -2.06. The first kappa shape index (κ1) is 13.6. The molecule has 0 aliphatic heterocycles. The molecule has 114 valence electrons. The number of hydrogen-bond acceptors (Lipinski definition) is 5. The normalized spacial score (nSPS) is 11.4. The summed E-state index contributed by atoms with van der Waals surface area (Å²) in [6, 6.07) is 7.52. The number of nitrogens with zero attached hydrogens (tertiary/aromatic N) is 5. The summed E-state index contributed by atoms with van der Waals surface area (Å²) < 4.78 is 7.29. The third-order valence-electron chi connectivity index (χ3n) is 3.65. The zero-order chi connectivity index (χ0) is 15.8. The second kappa shape index (κ2) is 5.31. The molecule has 0 aliphatic rings. The van der Waals surface area contributed by atoms with Crippen LogP contribution in [0.1, 0.15) is 25.5 Å². The smallest absolute Gasteiger partial charge is 0.234 e. The van der Waals surface area contributed by atoms with Gasteiger partial charge in [-0.1, -0.05) is 13.8 Å². The number of hydrogen-bond donors (Lipinski definition) is 0. The summed E-state index contributed by atoms with van der Waals surface area (Å²) in [5, 5.41) is 0. The highest BCUT2D eigenvalue weighted by Crippen LogP contribution is 2.22. The van der Waals surface area contributed by atoms with Crippen molar-refractivity contribution in [2.75, 3.05) is 0 Å². The first-order valence-electron chi connectivity index (χ1n) is 7.43. The van der Waals surface area contributed by atoms with Gasteiger partial charge in [0, 0.05) is 18.1 Å². The van der Waals surface area contributed by atoms with Crippen LogP contribution < -0.4 is 0 Å². The molecule has 0 amide bonds. The first-order chi connectivity index (χ1) is 11.2. The van der Waals surface area contributed by atoms with Gasteiger partial charge in [-0.2, -0.15) is 0 Å². The van der Waals surface area contributed by atoms with Gasteiger partial charge in [-0.05, 0) is 30.2 Å². The largest absolute Gasteiger partial charge is 0.461 e. The van der Waals surface area contributed by atoms with Crippen molar-refractivity contribution in [2.24, 2.45) is 0 Å². The van der Waals surface area contributed by atoms with E-state index < -0.39 is 0 Å². The molecule has 4 heterocycles. The molecule has 4 rings (SSSR count). The Bertz CT molecular complexity index is 956. The number of rotatable bonds is 3. The van der Waals surface area contributed by atoms with Crippen molar-refractivity contribution in [3.8, 4) is 23.0 Å². The third kappa shape index (κ3) is 2.38. The molecular formula is C17H15N5O. The standard InChI is InChI=1S/C17H15N5O/c1-11(2)12-6-8-22-14(10-19-17(22)21-12)13-5-7-18-16(20-13)15-4-3-9-23-15/h3-11H,1-2H3. The predicted octanol–water partition coefficient (Wildman–Crippen LogP) is 3.57. The Hall–Kier alpha value is -3.02. The van der Waals surface area contributed by atoms with Crippen LogP contribution >= 0.6 is 0 Å². The van der Waals surface area contributed by atoms with Crippen LogP contribution in [0, 0.1) is 0 Å². The van der Waals surface area contributed by atoms with Gasteiger partial charge in [-0.25, -0.2) is 19.9 Å². The van der Waals surface area contributed by atoms with E-state index in [1.165, 1.54) is 0 Å². The van der Waals surface area contributed by atoms with Crippen LogP contribution in [0.4, 0.5) is 0 Å². The Balaban J connectivity index is 1.82. The van der Waals surface area contributed by atoms with E-state index in [1.54, 1.807) is 18.7 Å². The minimum atomic E-state index is 0.366. The zero-order valence-corrected chi connectivity index (χ0v) is 12.8. The van der Waals surface area contributed by atoms with Gasteiger partial charge in [0.05, 0.1) is 23.8 Å². The van der Waals surface area contributed by atoms with E-state index in [-0.39, 0.29) is 0 Å². The molecule has 0 spiro atoms. The van der Waals surface area contributed by atoms with Gasteiger partial charge >= 0.3 is 0 Å². The summed E-state index contributed by atoms with van der Waals surface area (Å²) in [4.78, 5) is 17.8. The molecule has 0 aliphatic carbocycles. The Morgan fingerprint density at radius 1 is 1.09 bits per heavy atom. The molecule has 0 bridgehead atoms. The highest BCUT2D eigenvalue weighted by atomic mass is 16.3. The highest BCUT2D eigenvalue weighted by Gasteiger charge is 2.12. The van der Waals surface area contributed by atoms with Crippen LogP contribution in [-0.4, -0.2) is 24.3 Å². The fraction of sp³-hybridized carbons (Fsp3) is 0.176. The zero-order valence-electron chi connectivity index (χ0n) is 12.8. The monoisotopic (exact) mass is 305 g/mol. The summed E-state index contributed by atoms with van der Waals surface area (Å²) in [5.74, 6) is 2.23. The van der Waals surface area contributed by atoms with Gasteiger partial charge in [0.2, 0.25) is 5.78 Å². The first-order valence-corrected chi connectivity index (χ1v) is 7.43. The fourth-order valence-electron chi connectivity index (χ4n) is 2.42. The summed E-state index contributed by atoms with van der Waals surface area (Å²) in [5.41, 5.74) is 2.67. The molecule has 0 N–H and O–H groups in total. The maximum absolute atomic E-state index is 5.36. The topological polar surface area (TPSA) is 69.1 Å². The van der Waals surface area contributed by atoms with Crippen molar-refractivity contribution in [3.63, 3.8) is 0 Å². The van der Waals surface area contributed by atoms with Crippen molar-refractivity contribution < 1.29 is 4.42 Å². The average Bonchev–Trinajstić information content (AvgIpc) is 3.24. The third-order valence-corrected chi connectivity index (χ3v) is 3.65. The molecule has 0 fully saturated rings. The summed E-state index contributed by atoms with van der Waals surface area (Å²) >= 11 is 0. The van der Waals surface area contributed by atoms with Crippen LogP contribution in [0.3, 0.4) is 0 Å².